The van der Waals surface area contributed by atoms with E-state index in [0.717, 1.165) is 30.5 Å². The van der Waals surface area contributed by atoms with Gasteiger partial charge in [0.25, 0.3) is 5.91 Å². The second-order valence-electron chi connectivity index (χ2n) is 11.0. The summed E-state index contributed by atoms with van der Waals surface area (Å²) in [5.41, 5.74) is -1.05. The Morgan fingerprint density at radius 3 is 2.39 bits per heavy atom. The molecule has 1 saturated heterocycles. The molecule has 0 unspecified atom stereocenters. The molecule has 3 atom stereocenters. The Morgan fingerprint density at radius 2 is 1.74 bits per heavy atom. The van der Waals surface area contributed by atoms with E-state index < -0.39 is 40.7 Å². The quantitative estimate of drug-likeness (QED) is 0.532. The third-order valence-corrected chi connectivity index (χ3v) is 8.32. The van der Waals surface area contributed by atoms with Crippen molar-refractivity contribution in [2.75, 3.05) is 20.2 Å². The van der Waals surface area contributed by atoms with Gasteiger partial charge in [0.1, 0.15) is 5.82 Å². The summed E-state index contributed by atoms with van der Waals surface area (Å²) < 4.78 is 18.8. The second kappa shape index (κ2) is 11.0. The van der Waals surface area contributed by atoms with Crippen LogP contribution in [0.3, 0.4) is 0 Å². The Balaban J connectivity index is 1.49. The van der Waals surface area contributed by atoms with Crippen LogP contribution in [-0.2, 0) is 15.1 Å². The zero-order valence-electron chi connectivity index (χ0n) is 21.9. The zero-order chi connectivity index (χ0) is 27.7. The van der Waals surface area contributed by atoms with Crippen molar-refractivity contribution < 1.29 is 28.6 Å². The molecule has 9 heteroatoms. The Morgan fingerprint density at radius 1 is 1.08 bits per heavy atom. The van der Waals surface area contributed by atoms with Gasteiger partial charge in [-0.05, 0) is 55.2 Å². The van der Waals surface area contributed by atoms with Crippen LogP contribution >= 0.6 is 11.6 Å². The standard InChI is InChI=1S/C29H34ClFN2O5/c1-28(2)17-33(13-12-29(28,37)20-8-10-21(30)11-9-20)26(35)23-6-4-5-7-24(23)32-25(34)18-14-19(27(36)38-3)16-22(31)15-18/h8-11,14-16,23-24,37H,4-7,12-13,17H2,1-3H3,(H,32,34)/t23-,24+,29-/m0/s1. The predicted molar refractivity (Wildman–Crippen MR) is 141 cm³/mol. The number of rotatable bonds is 5. The normalized spacial score (nSPS) is 24.9. The number of aliphatic hydroxyl groups is 1. The molecule has 7 nitrogen and oxygen atoms in total. The molecule has 2 aromatic carbocycles. The summed E-state index contributed by atoms with van der Waals surface area (Å²) >= 11 is 6.04. The molecule has 0 spiro atoms. The molecule has 1 aliphatic heterocycles. The lowest BCUT2D eigenvalue weighted by Gasteiger charge is -2.51. The average Bonchev–Trinajstić information content (AvgIpc) is 2.89. The SMILES string of the molecule is COC(=O)c1cc(F)cc(C(=O)N[C@@H]2CCCC[C@@H]2C(=O)N2CC[C@](O)(c3ccc(Cl)cc3)C(C)(C)C2)c1. The second-order valence-corrected chi connectivity index (χ2v) is 11.4. The maximum Gasteiger partial charge on any atom is 0.337 e. The number of nitrogens with one attached hydrogen (secondary N) is 1. The molecule has 1 heterocycles. The van der Waals surface area contributed by atoms with Gasteiger partial charge in [-0.15, -0.1) is 0 Å². The molecular formula is C29H34ClFN2O5. The topological polar surface area (TPSA) is 95.9 Å². The molecule has 4 rings (SSSR count). The lowest BCUT2D eigenvalue weighted by atomic mass is 9.66. The minimum Gasteiger partial charge on any atom is -0.465 e. The minimum absolute atomic E-state index is 0.00527. The monoisotopic (exact) mass is 544 g/mol. The lowest BCUT2D eigenvalue weighted by Crippen LogP contribution is -2.59. The predicted octanol–water partition coefficient (Wildman–Crippen LogP) is 4.70. The van der Waals surface area contributed by atoms with Gasteiger partial charge in [0.2, 0.25) is 5.91 Å². The van der Waals surface area contributed by atoms with Crippen molar-refractivity contribution >= 4 is 29.4 Å². The van der Waals surface area contributed by atoms with E-state index in [2.05, 4.69) is 10.1 Å². The van der Waals surface area contributed by atoms with Crippen LogP contribution < -0.4 is 5.32 Å². The highest BCUT2D eigenvalue weighted by Crippen LogP contribution is 2.46. The summed E-state index contributed by atoms with van der Waals surface area (Å²) in [6, 6.07) is 10.1. The number of ether oxygens (including phenoxy) is 1. The highest BCUT2D eigenvalue weighted by atomic mass is 35.5. The van der Waals surface area contributed by atoms with Crippen molar-refractivity contribution in [1.82, 2.24) is 10.2 Å². The summed E-state index contributed by atoms with van der Waals surface area (Å²) in [5.74, 6) is -2.50. The Labute approximate surface area is 227 Å². The van der Waals surface area contributed by atoms with Gasteiger partial charge in [0, 0.05) is 35.1 Å². The molecule has 1 saturated carbocycles. The molecule has 1 aliphatic carbocycles. The number of hydrogen-bond donors (Lipinski definition) is 2. The number of nitrogens with zero attached hydrogens (tertiary/aromatic N) is 1. The minimum atomic E-state index is -1.12. The molecule has 0 bridgehead atoms. The molecule has 2 amide bonds. The van der Waals surface area contributed by atoms with Crippen LogP contribution in [0.15, 0.2) is 42.5 Å². The smallest absolute Gasteiger partial charge is 0.337 e. The first-order valence-corrected chi connectivity index (χ1v) is 13.3. The van der Waals surface area contributed by atoms with Gasteiger partial charge in [-0.3, -0.25) is 9.59 Å². The van der Waals surface area contributed by atoms with Gasteiger partial charge in [-0.1, -0.05) is 50.4 Å². The van der Waals surface area contributed by atoms with Gasteiger partial charge in [0.15, 0.2) is 0 Å². The fourth-order valence-electron chi connectivity index (χ4n) is 5.81. The lowest BCUT2D eigenvalue weighted by molar-refractivity contribution is -0.158. The number of carbonyl (C=O) groups excluding carboxylic acids is 3. The summed E-state index contributed by atoms with van der Waals surface area (Å²) in [6.45, 7) is 4.63. The molecule has 204 valence electrons. The molecule has 38 heavy (non-hydrogen) atoms. The first kappa shape index (κ1) is 28.0. The Hall–Kier alpha value is -2.97. The van der Waals surface area contributed by atoms with Crippen molar-refractivity contribution in [2.45, 2.75) is 57.6 Å². The molecule has 2 N–H and O–H groups in total. The summed E-state index contributed by atoms with van der Waals surface area (Å²) in [5, 5.41) is 15.2. The third-order valence-electron chi connectivity index (χ3n) is 8.06. The zero-order valence-corrected chi connectivity index (χ0v) is 22.7. The largest absolute Gasteiger partial charge is 0.465 e. The van der Waals surface area contributed by atoms with Crippen molar-refractivity contribution in [3.8, 4) is 0 Å². The highest BCUT2D eigenvalue weighted by molar-refractivity contribution is 6.30. The van der Waals surface area contributed by atoms with Gasteiger partial charge >= 0.3 is 5.97 Å². The fraction of sp³-hybridized carbons (Fsp3) is 0.483. The summed E-state index contributed by atoms with van der Waals surface area (Å²) in [6.07, 6.45) is 3.33. The number of hydrogen-bond acceptors (Lipinski definition) is 5. The van der Waals surface area contributed by atoms with Gasteiger partial charge in [-0.2, -0.15) is 0 Å². The molecule has 0 aromatic heterocycles. The number of halogens is 2. The number of likely N-dealkylation sites (tertiary alicyclic amines) is 1. The van der Waals surface area contributed by atoms with Gasteiger partial charge in [-0.25, -0.2) is 9.18 Å². The van der Waals surface area contributed by atoms with Crippen LogP contribution in [0, 0.1) is 17.2 Å². The van der Waals surface area contributed by atoms with E-state index >= 15 is 0 Å². The van der Waals surface area contributed by atoms with E-state index in [1.807, 2.05) is 26.0 Å². The molecule has 2 aliphatic rings. The van der Waals surface area contributed by atoms with E-state index in [0.29, 0.717) is 37.4 Å². The third kappa shape index (κ3) is 5.57. The number of benzene rings is 2. The van der Waals surface area contributed by atoms with Gasteiger partial charge < -0.3 is 20.1 Å². The van der Waals surface area contributed by atoms with Crippen LogP contribution in [0.2, 0.25) is 5.02 Å². The molecule has 0 radical (unpaired) electrons. The van der Waals surface area contributed by atoms with Crippen molar-refractivity contribution in [2.24, 2.45) is 11.3 Å². The van der Waals surface area contributed by atoms with Crippen LogP contribution in [0.25, 0.3) is 0 Å². The highest BCUT2D eigenvalue weighted by Gasteiger charge is 2.50. The van der Waals surface area contributed by atoms with Crippen LogP contribution in [0.1, 0.15) is 72.2 Å². The molecular weight excluding hydrogens is 511 g/mol. The summed E-state index contributed by atoms with van der Waals surface area (Å²) in [4.78, 5) is 40.4. The Bertz CT molecular complexity index is 1220. The van der Waals surface area contributed by atoms with E-state index in [4.69, 9.17) is 11.6 Å². The first-order valence-electron chi connectivity index (χ1n) is 12.9. The van der Waals surface area contributed by atoms with E-state index in [1.54, 1.807) is 17.0 Å². The molecule has 2 aromatic rings. The van der Waals surface area contributed by atoms with Crippen LogP contribution in [0.4, 0.5) is 4.39 Å². The number of amides is 2. The number of carbonyl (C=O) groups is 3. The number of piperidine rings is 1. The Kier molecular flexibility index (Phi) is 8.14. The van der Waals surface area contributed by atoms with E-state index in [9.17, 15) is 23.9 Å². The summed E-state index contributed by atoms with van der Waals surface area (Å²) in [7, 11) is 1.18. The number of esters is 1. The average molecular weight is 545 g/mol. The fourth-order valence-corrected chi connectivity index (χ4v) is 5.94. The molecule has 2 fully saturated rings. The first-order chi connectivity index (χ1) is 17.9. The number of methoxy groups -OCH3 is 1. The van der Waals surface area contributed by atoms with Crippen LogP contribution in [-0.4, -0.2) is 54.0 Å². The van der Waals surface area contributed by atoms with E-state index in [-0.39, 0.29) is 17.0 Å². The van der Waals surface area contributed by atoms with Crippen molar-refractivity contribution in [3.05, 3.63) is 70.0 Å². The van der Waals surface area contributed by atoms with Crippen LogP contribution in [0.5, 0.6) is 0 Å². The van der Waals surface area contributed by atoms with Crippen molar-refractivity contribution in [3.63, 3.8) is 0 Å². The van der Waals surface area contributed by atoms with Crippen molar-refractivity contribution in [1.29, 1.82) is 0 Å². The maximum absolute atomic E-state index is 14.1. The maximum atomic E-state index is 14.1. The van der Waals surface area contributed by atoms with E-state index in [1.165, 1.54) is 13.2 Å². The van der Waals surface area contributed by atoms with Gasteiger partial charge in [0.05, 0.1) is 24.2 Å².